The van der Waals surface area contributed by atoms with Crippen molar-refractivity contribution in [2.45, 2.75) is 25.9 Å². The number of nitrogens with zero attached hydrogens (tertiary/aromatic N) is 5. The first-order valence-electron chi connectivity index (χ1n) is 9.48. The highest BCUT2D eigenvalue weighted by molar-refractivity contribution is 5.94. The third-order valence-corrected chi connectivity index (χ3v) is 4.95. The van der Waals surface area contributed by atoms with Crippen LogP contribution in [0.1, 0.15) is 40.1 Å². The predicted octanol–water partition coefficient (Wildman–Crippen LogP) is 2.86. The van der Waals surface area contributed by atoms with Crippen LogP contribution in [0.5, 0.6) is 0 Å². The van der Waals surface area contributed by atoms with Gasteiger partial charge in [-0.05, 0) is 43.2 Å². The molecule has 3 aromatic rings. The van der Waals surface area contributed by atoms with Crippen LogP contribution in [0, 0.1) is 6.92 Å². The third-order valence-electron chi connectivity index (χ3n) is 4.95. The van der Waals surface area contributed by atoms with E-state index in [4.69, 9.17) is 4.52 Å². The van der Waals surface area contributed by atoms with Crippen molar-refractivity contribution in [1.29, 1.82) is 0 Å². The fourth-order valence-corrected chi connectivity index (χ4v) is 3.59. The normalized spacial score (nSPS) is 18.0. The fraction of sp³-hybridized carbons (Fsp3) is 0.333. The summed E-state index contributed by atoms with van der Waals surface area (Å²) in [5.74, 6) is 1.06. The molecule has 1 saturated heterocycles. The first-order valence-corrected chi connectivity index (χ1v) is 9.48. The van der Waals surface area contributed by atoms with Crippen LogP contribution in [-0.4, -0.2) is 50.5 Å². The third kappa shape index (κ3) is 4.09. The van der Waals surface area contributed by atoms with Crippen LogP contribution in [0.2, 0.25) is 0 Å². The molecule has 0 N–H and O–H groups in total. The van der Waals surface area contributed by atoms with Crippen LogP contribution in [0.3, 0.4) is 0 Å². The molecule has 2 aromatic heterocycles. The lowest BCUT2D eigenvalue weighted by Crippen LogP contribution is -2.38. The van der Waals surface area contributed by atoms with Crippen molar-refractivity contribution in [1.82, 2.24) is 24.9 Å². The van der Waals surface area contributed by atoms with Gasteiger partial charge in [-0.2, -0.15) is 4.98 Å². The smallest absolute Gasteiger partial charge is 0.254 e. The SMILES string of the molecule is Cc1noc(C2CN(Cc3ccncc3)CCCN2C(=O)c2ccccc2)n1. The lowest BCUT2D eigenvalue weighted by Gasteiger charge is -2.29. The second-order valence-electron chi connectivity index (χ2n) is 7.00. The van der Waals surface area contributed by atoms with Gasteiger partial charge in [-0.3, -0.25) is 14.7 Å². The summed E-state index contributed by atoms with van der Waals surface area (Å²) in [5, 5.41) is 3.95. The lowest BCUT2D eigenvalue weighted by molar-refractivity contribution is 0.0631. The van der Waals surface area contributed by atoms with Gasteiger partial charge in [0.25, 0.3) is 11.8 Å². The number of benzene rings is 1. The molecule has 1 unspecified atom stereocenters. The Balaban J connectivity index is 1.61. The maximum Gasteiger partial charge on any atom is 0.254 e. The minimum Gasteiger partial charge on any atom is -0.337 e. The van der Waals surface area contributed by atoms with Crippen molar-refractivity contribution in [3.8, 4) is 0 Å². The molecule has 1 aromatic carbocycles. The summed E-state index contributed by atoms with van der Waals surface area (Å²) in [7, 11) is 0. The van der Waals surface area contributed by atoms with E-state index in [1.54, 1.807) is 19.3 Å². The number of rotatable bonds is 4. The highest BCUT2D eigenvalue weighted by Crippen LogP contribution is 2.26. The van der Waals surface area contributed by atoms with Crippen LogP contribution in [0.4, 0.5) is 0 Å². The summed E-state index contributed by atoms with van der Waals surface area (Å²) < 4.78 is 5.48. The van der Waals surface area contributed by atoms with Gasteiger partial charge in [0.2, 0.25) is 0 Å². The molecule has 1 amide bonds. The molecule has 3 heterocycles. The van der Waals surface area contributed by atoms with Gasteiger partial charge in [0.05, 0.1) is 0 Å². The number of hydrogen-bond acceptors (Lipinski definition) is 6. The number of aryl methyl sites for hydroxylation is 1. The summed E-state index contributed by atoms with van der Waals surface area (Å²) in [6.45, 7) is 4.76. The summed E-state index contributed by atoms with van der Waals surface area (Å²) >= 11 is 0. The molecular weight excluding hydrogens is 354 g/mol. The zero-order valence-electron chi connectivity index (χ0n) is 15.9. The number of aromatic nitrogens is 3. The van der Waals surface area contributed by atoms with Crippen LogP contribution >= 0.6 is 0 Å². The Bertz CT molecular complexity index is 913. The van der Waals surface area contributed by atoms with E-state index in [1.165, 1.54) is 5.56 Å². The highest BCUT2D eigenvalue weighted by Gasteiger charge is 2.33. The van der Waals surface area contributed by atoms with Gasteiger partial charge >= 0.3 is 0 Å². The molecule has 0 radical (unpaired) electrons. The topological polar surface area (TPSA) is 75.4 Å². The molecule has 1 aliphatic heterocycles. The maximum absolute atomic E-state index is 13.2. The van der Waals surface area contributed by atoms with E-state index in [1.807, 2.05) is 47.4 Å². The van der Waals surface area contributed by atoms with Crippen LogP contribution in [0.15, 0.2) is 59.4 Å². The van der Waals surface area contributed by atoms with E-state index < -0.39 is 0 Å². The van der Waals surface area contributed by atoms with E-state index in [0.29, 0.717) is 30.4 Å². The number of pyridine rings is 1. The standard InChI is InChI=1S/C21H23N5O2/c1-16-23-20(28-24-16)19-15-25(14-17-8-10-22-11-9-17)12-5-13-26(19)21(27)18-6-3-2-4-7-18/h2-4,6-11,19H,5,12-15H2,1H3. The van der Waals surface area contributed by atoms with E-state index in [0.717, 1.165) is 19.5 Å². The molecule has 7 nitrogen and oxygen atoms in total. The molecule has 0 spiro atoms. The molecule has 7 heteroatoms. The molecule has 1 fully saturated rings. The van der Waals surface area contributed by atoms with Crippen molar-refractivity contribution in [2.24, 2.45) is 0 Å². The zero-order chi connectivity index (χ0) is 19.3. The summed E-state index contributed by atoms with van der Waals surface area (Å²) in [5.41, 5.74) is 1.87. The molecule has 144 valence electrons. The molecule has 0 bridgehead atoms. The van der Waals surface area contributed by atoms with Crippen LogP contribution in [0.25, 0.3) is 0 Å². The van der Waals surface area contributed by atoms with Gasteiger partial charge in [0, 0.05) is 44.1 Å². The maximum atomic E-state index is 13.2. The van der Waals surface area contributed by atoms with E-state index in [2.05, 4.69) is 20.0 Å². The number of amides is 1. The minimum absolute atomic E-state index is 0.00721. The Kier molecular flexibility index (Phi) is 5.43. The van der Waals surface area contributed by atoms with Gasteiger partial charge in [-0.15, -0.1) is 0 Å². The molecule has 4 rings (SSSR count). The van der Waals surface area contributed by atoms with Crippen molar-refractivity contribution in [3.05, 3.63) is 77.7 Å². The van der Waals surface area contributed by atoms with Gasteiger partial charge in [-0.1, -0.05) is 23.4 Å². The van der Waals surface area contributed by atoms with Crippen LogP contribution < -0.4 is 0 Å². The van der Waals surface area contributed by atoms with E-state index in [-0.39, 0.29) is 11.9 Å². The molecular formula is C21H23N5O2. The molecule has 1 atom stereocenters. The molecule has 0 saturated carbocycles. The molecule has 0 aliphatic carbocycles. The monoisotopic (exact) mass is 377 g/mol. The predicted molar refractivity (Wildman–Crippen MR) is 103 cm³/mol. The van der Waals surface area contributed by atoms with Crippen LogP contribution in [-0.2, 0) is 6.54 Å². The summed E-state index contributed by atoms with van der Waals surface area (Å²) in [6, 6.07) is 13.1. The Morgan fingerprint density at radius 1 is 1.14 bits per heavy atom. The summed E-state index contributed by atoms with van der Waals surface area (Å²) in [4.78, 5) is 25.9. The Morgan fingerprint density at radius 2 is 1.93 bits per heavy atom. The van der Waals surface area contributed by atoms with Crippen molar-refractivity contribution < 1.29 is 9.32 Å². The van der Waals surface area contributed by atoms with Gasteiger partial charge in [-0.25, -0.2) is 0 Å². The number of hydrogen-bond donors (Lipinski definition) is 0. The van der Waals surface area contributed by atoms with E-state index >= 15 is 0 Å². The Hall–Kier alpha value is -3.06. The Labute approximate surface area is 164 Å². The molecule has 28 heavy (non-hydrogen) atoms. The van der Waals surface area contributed by atoms with Crippen molar-refractivity contribution in [3.63, 3.8) is 0 Å². The number of carbonyl (C=O) groups is 1. The van der Waals surface area contributed by atoms with Gasteiger partial charge in [0.1, 0.15) is 6.04 Å². The fourth-order valence-electron chi connectivity index (χ4n) is 3.59. The minimum atomic E-state index is -0.279. The second kappa shape index (κ2) is 8.31. The average molecular weight is 377 g/mol. The van der Waals surface area contributed by atoms with E-state index in [9.17, 15) is 4.79 Å². The van der Waals surface area contributed by atoms with Gasteiger partial charge in [0.15, 0.2) is 5.82 Å². The lowest BCUT2D eigenvalue weighted by atomic mass is 10.1. The zero-order valence-corrected chi connectivity index (χ0v) is 15.9. The Morgan fingerprint density at radius 3 is 2.64 bits per heavy atom. The first-order chi connectivity index (χ1) is 13.7. The number of carbonyl (C=O) groups excluding carboxylic acids is 1. The van der Waals surface area contributed by atoms with Crippen molar-refractivity contribution >= 4 is 5.91 Å². The summed E-state index contributed by atoms with van der Waals surface area (Å²) in [6.07, 6.45) is 4.49. The largest absolute Gasteiger partial charge is 0.337 e. The second-order valence-corrected chi connectivity index (χ2v) is 7.00. The van der Waals surface area contributed by atoms with Crippen molar-refractivity contribution in [2.75, 3.05) is 19.6 Å². The first kappa shape index (κ1) is 18.3. The molecule has 1 aliphatic rings. The quantitative estimate of drug-likeness (QED) is 0.696. The van der Waals surface area contributed by atoms with Gasteiger partial charge < -0.3 is 9.42 Å². The average Bonchev–Trinajstić information content (AvgIpc) is 3.05. The highest BCUT2D eigenvalue weighted by atomic mass is 16.5.